The zero-order valence-corrected chi connectivity index (χ0v) is 8.71. The second kappa shape index (κ2) is 5.21. The van der Waals surface area contributed by atoms with Crippen molar-refractivity contribution in [2.24, 2.45) is 0 Å². The summed E-state index contributed by atoms with van der Waals surface area (Å²) in [5.74, 6) is 0.264. The quantitative estimate of drug-likeness (QED) is 0.700. The van der Waals surface area contributed by atoms with Gasteiger partial charge in [0.2, 0.25) is 0 Å². The number of hydrogen-bond acceptors (Lipinski definition) is 3. The molecule has 0 radical (unpaired) electrons. The van der Waals surface area contributed by atoms with E-state index in [-0.39, 0.29) is 12.4 Å². The molecule has 0 aliphatic carbocycles. The Morgan fingerprint density at radius 3 is 2.77 bits per heavy atom. The van der Waals surface area contributed by atoms with E-state index in [0.717, 1.165) is 10.0 Å². The van der Waals surface area contributed by atoms with Gasteiger partial charge >= 0.3 is 0 Å². The number of nitrogens with one attached hydrogen (secondary N) is 1. The molecule has 0 fully saturated rings. The average Bonchev–Trinajstić information content (AvgIpc) is 2.09. The number of rotatable bonds is 4. The third-order valence-corrected chi connectivity index (χ3v) is 2.14. The van der Waals surface area contributed by atoms with Crippen LogP contribution in [-0.2, 0) is 6.54 Å². The van der Waals surface area contributed by atoms with Gasteiger partial charge in [0.25, 0.3) is 0 Å². The molecule has 3 nitrogen and oxygen atoms in total. The zero-order valence-electron chi connectivity index (χ0n) is 7.13. The molecule has 1 rings (SSSR count). The first-order valence-electron chi connectivity index (χ1n) is 4.03. The molecule has 72 valence electrons. The molecule has 0 saturated heterocycles. The lowest BCUT2D eigenvalue weighted by Gasteiger charge is -2.05. The Bertz CT molecular complexity index is 278. The van der Waals surface area contributed by atoms with Gasteiger partial charge in [0.15, 0.2) is 0 Å². The van der Waals surface area contributed by atoms with Crippen LogP contribution >= 0.6 is 15.9 Å². The summed E-state index contributed by atoms with van der Waals surface area (Å²) in [6.07, 6.45) is 0. The minimum absolute atomic E-state index is 0.108. The fourth-order valence-corrected chi connectivity index (χ4v) is 1.34. The van der Waals surface area contributed by atoms with Gasteiger partial charge in [-0.25, -0.2) is 0 Å². The SMILES string of the molecule is OCCNCc1ccc(Br)cc1O. The molecule has 0 aliphatic heterocycles. The molecular weight excluding hydrogens is 234 g/mol. The van der Waals surface area contributed by atoms with Crippen molar-refractivity contribution in [1.82, 2.24) is 5.32 Å². The van der Waals surface area contributed by atoms with Gasteiger partial charge in [-0.1, -0.05) is 22.0 Å². The maximum Gasteiger partial charge on any atom is 0.121 e. The predicted octanol–water partition coefficient (Wildman–Crippen LogP) is 1.24. The Morgan fingerprint density at radius 2 is 2.15 bits per heavy atom. The van der Waals surface area contributed by atoms with Crippen molar-refractivity contribution in [3.63, 3.8) is 0 Å². The normalized spacial score (nSPS) is 10.3. The van der Waals surface area contributed by atoms with E-state index in [4.69, 9.17) is 5.11 Å². The monoisotopic (exact) mass is 245 g/mol. The fourth-order valence-electron chi connectivity index (χ4n) is 0.989. The highest BCUT2D eigenvalue weighted by Crippen LogP contribution is 2.21. The highest BCUT2D eigenvalue weighted by Gasteiger charge is 2.00. The Hall–Kier alpha value is -0.580. The second-order valence-electron chi connectivity index (χ2n) is 2.67. The smallest absolute Gasteiger partial charge is 0.121 e. The molecule has 13 heavy (non-hydrogen) atoms. The van der Waals surface area contributed by atoms with Crippen molar-refractivity contribution in [2.75, 3.05) is 13.2 Å². The van der Waals surface area contributed by atoms with Crippen LogP contribution in [0.4, 0.5) is 0 Å². The summed E-state index contributed by atoms with van der Waals surface area (Å²) in [7, 11) is 0. The van der Waals surface area contributed by atoms with Crippen LogP contribution in [0.3, 0.4) is 0 Å². The van der Waals surface area contributed by atoms with E-state index >= 15 is 0 Å². The lowest BCUT2D eigenvalue weighted by atomic mass is 10.2. The molecule has 0 heterocycles. The lowest BCUT2D eigenvalue weighted by Crippen LogP contribution is -2.17. The van der Waals surface area contributed by atoms with Gasteiger partial charge in [-0.3, -0.25) is 0 Å². The fraction of sp³-hybridized carbons (Fsp3) is 0.333. The summed E-state index contributed by atoms with van der Waals surface area (Å²) >= 11 is 3.26. The first kappa shape index (κ1) is 10.5. The van der Waals surface area contributed by atoms with E-state index in [9.17, 15) is 5.11 Å². The van der Waals surface area contributed by atoms with Crippen LogP contribution in [0.1, 0.15) is 5.56 Å². The minimum atomic E-state index is 0.108. The van der Waals surface area contributed by atoms with Crippen LogP contribution in [-0.4, -0.2) is 23.4 Å². The summed E-state index contributed by atoms with van der Waals surface area (Å²) < 4.78 is 0.857. The largest absolute Gasteiger partial charge is 0.508 e. The zero-order chi connectivity index (χ0) is 9.68. The van der Waals surface area contributed by atoms with E-state index < -0.39 is 0 Å². The molecule has 0 unspecified atom stereocenters. The third-order valence-electron chi connectivity index (χ3n) is 1.65. The number of phenolic OH excluding ortho intramolecular Hbond substituents is 1. The van der Waals surface area contributed by atoms with Crippen LogP contribution in [0.15, 0.2) is 22.7 Å². The van der Waals surface area contributed by atoms with Crippen molar-refractivity contribution < 1.29 is 10.2 Å². The van der Waals surface area contributed by atoms with Crippen molar-refractivity contribution in [3.8, 4) is 5.75 Å². The molecule has 0 atom stereocenters. The van der Waals surface area contributed by atoms with E-state index in [0.29, 0.717) is 13.1 Å². The number of aliphatic hydroxyl groups is 1. The molecule has 0 saturated carbocycles. The van der Waals surface area contributed by atoms with Crippen molar-refractivity contribution >= 4 is 15.9 Å². The molecule has 0 spiro atoms. The van der Waals surface area contributed by atoms with Gasteiger partial charge < -0.3 is 15.5 Å². The van der Waals surface area contributed by atoms with E-state index in [1.807, 2.05) is 12.1 Å². The molecule has 0 aromatic heterocycles. The molecule has 4 heteroatoms. The first-order valence-corrected chi connectivity index (χ1v) is 4.82. The Balaban J connectivity index is 2.56. The van der Waals surface area contributed by atoms with Gasteiger partial charge in [-0.05, 0) is 12.1 Å². The van der Waals surface area contributed by atoms with Crippen LogP contribution in [0, 0.1) is 0 Å². The van der Waals surface area contributed by atoms with E-state index in [1.165, 1.54) is 0 Å². The summed E-state index contributed by atoms with van der Waals surface area (Å²) in [4.78, 5) is 0. The molecule has 0 aliphatic rings. The standard InChI is InChI=1S/C9H12BrNO2/c10-8-2-1-7(9(13)5-8)6-11-3-4-12/h1-2,5,11-13H,3-4,6H2. The number of aromatic hydroxyl groups is 1. The first-order chi connectivity index (χ1) is 6.24. The molecule has 0 amide bonds. The molecule has 1 aromatic rings. The highest BCUT2D eigenvalue weighted by molar-refractivity contribution is 9.10. The maximum absolute atomic E-state index is 9.46. The number of benzene rings is 1. The van der Waals surface area contributed by atoms with E-state index in [1.54, 1.807) is 6.07 Å². The lowest BCUT2D eigenvalue weighted by molar-refractivity contribution is 0.291. The Kier molecular flexibility index (Phi) is 4.21. The Morgan fingerprint density at radius 1 is 1.38 bits per heavy atom. The van der Waals surface area contributed by atoms with Crippen LogP contribution in [0.5, 0.6) is 5.75 Å². The number of hydrogen-bond donors (Lipinski definition) is 3. The Labute approximate surface area is 85.5 Å². The molecule has 1 aromatic carbocycles. The summed E-state index contributed by atoms with van der Waals surface area (Å²) in [6.45, 7) is 1.21. The summed E-state index contributed by atoms with van der Waals surface area (Å²) in [5, 5.41) is 21.0. The van der Waals surface area contributed by atoms with Crippen molar-refractivity contribution in [1.29, 1.82) is 0 Å². The van der Waals surface area contributed by atoms with E-state index in [2.05, 4.69) is 21.2 Å². The van der Waals surface area contributed by atoms with Crippen LogP contribution in [0.25, 0.3) is 0 Å². The van der Waals surface area contributed by atoms with Gasteiger partial charge in [-0.15, -0.1) is 0 Å². The van der Waals surface area contributed by atoms with Gasteiger partial charge in [0.1, 0.15) is 5.75 Å². The van der Waals surface area contributed by atoms with Gasteiger partial charge in [-0.2, -0.15) is 0 Å². The predicted molar refractivity (Wildman–Crippen MR) is 54.6 cm³/mol. The minimum Gasteiger partial charge on any atom is -0.508 e. The average molecular weight is 246 g/mol. The second-order valence-corrected chi connectivity index (χ2v) is 3.59. The summed E-state index contributed by atoms with van der Waals surface area (Å²) in [6, 6.07) is 5.36. The summed E-state index contributed by atoms with van der Waals surface area (Å²) in [5.41, 5.74) is 0.830. The number of aliphatic hydroxyl groups excluding tert-OH is 1. The number of halogens is 1. The van der Waals surface area contributed by atoms with Gasteiger partial charge in [0, 0.05) is 23.1 Å². The molecular formula is C9H12BrNO2. The highest BCUT2D eigenvalue weighted by atomic mass is 79.9. The molecule has 0 bridgehead atoms. The van der Waals surface area contributed by atoms with Gasteiger partial charge in [0.05, 0.1) is 6.61 Å². The maximum atomic E-state index is 9.46. The van der Waals surface area contributed by atoms with Crippen molar-refractivity contribution in [3.05, 3.63) is 28.2 Å². The van der Waals surface area contributed by atoms with Crippen LogP contribution < -0.4 is 5.32 Å². The number of phenols is 1. The topological polar surface area (TPSA) is 52.5 Å². The van der Waals surface area contributed by atoms with Crippen LogP contribution in [0.2, 0.25) is 0 Å². The van der Waals surface area contributed by atoms with Crippen molar-refractivity contribution in [2.45, 2.75) is 6.54 Å². The molecule has 3 N–H and O–H groups in total. The third kappa shape index (κ3) is 3.34.